The van der Waals surface area contributed by atoms with Crippen molar-refractivity contribution in [2.45, 2.75) is 44.2 Å². The molecule has 0 aromatic carbocycles. The number of ether oxygens (including phenoxy) is 1. The van der Waals surface area contributed by atoms with Crippen LogP contribution in [0, 0.1) is 11.3 Å². The van der Waals surface area contributed by atoms with Gasteiger partial charge in [-0.25, -0.2) is 4.98 Å². The lowest BCUT2D eigenvalue weighted by Crippen LogP contribution is -2.23. The molecule has 0 spiro atoms. The first-order chi connectivity index (χ1) is 8.90. The number of hydrogen-bond acceptors (Lipinski definition) is 5. The first kappa shape index (κ1) is 15.5. The predicted octanol–water partition coefficient (Wildman–Crippen LogP) is 3.17. The summed E-state index contributed by atoms with van der Waals surface area (Å²) in [5.41, 5.74) is 0.136. The molecule has 1 aromatic rings. The number of nitrogens with zero attached hydrogens (tertiary/aromatic N) is 2. The third kappa shape index (κ3) is 6.82. The summed E-state index contributed by atoms with van der Waals surface area (Å²) in [5.74, 6) is 0.638. The van der Waals surface area contributed by atoms with E-state index in [1.54, 1.807) is 24.0 Å². The van der Waals surface area contributed by atoms with E-state index < -0.39 is 5.60 Å². The molecule has 102 valence electrons. The summed E-state index contributed by atoms with van der Waals surface area (Å²) in [7, 11) is 0. The molecule has 0 unspecified atom stereocenters. The average Bonchev–Trinajstić information content (AvgIpc) is 2.33. The lowest BCUT2D eigenvalue weighted by atomic mass is 10.2. The van der Waals surface area contributed by atoms with Crippen molar-refractivity contribution in [3.63, 3.8) is 0 Å². The second-order valence-electron chi connectivity index (χ2n) is 5.04. The van der Waals surface area contributed by atoms with Gasteiger partial charge < -0.3 is 4.74 Å². The Kier molecular flexibility index (Phi) is 5.84. The van der Waals surface area contributed by atoms with Gasteiger partial charge in [0.05, 0.1) is 10.6 Å². The fourth-order valence-electron chi connectivity index (χ4n) is 1.32. The highest BCUT2D eigenvalue weighted by molar-refractivity contribution is 7.99. The van der Waals surface area contributed by atoms with Crippen LogP contribution in [0.15, 0.2) is 23.4 Å². The number of carbonyl (C=O) groups excluding carboxylic acids is 1. The van der Waals surface area contributed by atoms with Crippen LogP contribution in [0.5, 0.6) is 0 Å². The van der Waals surface area contributed by atoms with Crippen LogP contribution in [0.3, 0.4) is 0 Å². The minimum absolute atomic E-state index is 0.166. The number of esters is 1. The number of carbonyl (C=O) groups is 1. The van der Waals surface area contributed by atoms with Crippen LogP contribution in [0.25, 0.3) is 0 Å². The van der Waals surface area contributed by atoms with E-state index in [-0.39, 0.29) is 5.97 Å². The smallest absolute Gasteiger partial charge is 0.306 e. The number of nitriles is 1. The topological polar surface area (TPSA) is 63.0 Å². The molecule has 1 rings (SSSR count). The first-order valence-electron chi connectivity index (χ1n) is 6.11. The predicted molar refractivity (Wildman–Crippen MR) is 74.8 cm³/mol. The monoisotopic (exact) mass is 278 g/mol. The van der Waals surface area contributed by atoms with Crippen molar-refractivity contribution in [3.05, 3.63) is 23.9 Å². The molecule has 4 nitrogen and oxygen atoms in total. The number of hydrogen-bond donors (Lipinski definition) is 0. The summed E-state index contributed by atoms with van der Waals surface area (Å²) in [5, 5.41) is 9.51. The summed E-state index contributed by atoms with van der Waals surface area (Å²) in [6, 6.07) is 5.58. The summed E-state index contributed by atoms with van der Waals surface area (Å²) < 4.78 is 5.22. The zero-order valence-corrected chi connectivity index (χ0v) is 12.3. The van der Waals surface area contributed by atoms with Crippen molar-refractivity contribution in [2.75, 3.05) is 5.75 Å². The van der Waals surface area contributed by atoms with Crippen LogP contribution in [0.4, 0.5) is 0 Å². The molecule has 5 heteroatoms. The van der Waals surface area contributed by atoms with Gasteiger partial charge in [0.15, 0.2) is 0 Å². The van der Waals surface area contributed by atoms with Crippen LogP contribution in [-0.4, -0.2) is 22.3 Å². The minimum Gasteiger partial charge on any atom is -0.460 e. The number of pyridine rings is 1. The van der Waals surface area contributed by atoms with E-state index in [2.05, 4.69) is 4.98 Å². The van der Waals surface area contributed by atoms with E-state index >= 15 is 0 Å². The standard InChI is InChI=1S/C14H18N2O2S/c1-14(2,3)18-13(17)5-4-8-19-12-7-6-11(9-15)10-16-12/h6-7,10H,4-5,8H2,1-3H3. The molecule has 0 N–H and O–H groups in total. The van der Waals surface area contributed by atoms with Crippen molar-refractivity contribution < 1.29 is 9.53 Å². The normalized spacial score (nSPS) is 10.8. The van der Waals surface area contributed by atoms with Gasteiger partial charge in [0, 0.05) is 18.4 Å². The second-order valence-corrected chi connectivity index (χ2v) is 6.15. The van der Waals surface area contributed by atoms with E-state index in [4.69, 9.17) is 10.00 Å². The SMILES string of the molecule is CC(C)(C)OC(=O)CCCSc1ccc(C#N)cn1. The van der Waals surface area contributed by atoms with Crippen molar-refractivity contribution >= 4 is 17.7 Å². The Morgan fingerprint density at radius 2 is 2.21 bits per heavy atom. The summed E-state index contributed by atoms with van der Waals surface area (Å²) >= 11 is 1.57. The number of rotatable bonds is 5. The lowest BCUT2D eigenvalue weighted by Gasteiger charge is -2.19. The van der Waals surface area contributed by atoms with Gasteiger partial charge in [-0.1, -0.05) is 0 Å². The van der Waals surface area contributed by atoms with Crippen LogP contribution >= 0.6 is 11.8 Å². The molecular formula is C14H18N2O2S. The van der Waals surface area contributed by atoms with Gasteiger partial charge in [-0.15, -0.1) is 11.8 Å². The van der Waals surface area contributed by atoms with E-state index in [1.165, 1.54) is 0 Å². The molecule has 0 bridgehead atoms. The van der Waals surface area contributed by atoms with E-state index in [0.29, 0.717) is 12.0 Å². The average molecular weight is 278 g/mol. The Labute approximate surface area is 118 Å². The molecule has 0 radical (unpaired) electrons. The Hall–Kier alpha value is -1.54. The molecular weight excluding hydrogens is 260 g/mol. The highest BCUT2D eigenvalue weighted by Gasteiger charge is 2.15. The van der Waals surface area contributed by atoms with Gasteiger partial charge >= 0.3 is 5.97 Å². The van der Waals surface area contributed by atoms with Crippen molar-refractivity contribution in [1.29, 1.82) is 5.26 Å². The van der Waals surface area contributed by atoms with Gasteiger partial charge in [0.2, 0.25) is 0 Å². The van der Waals surface area contributed by atoms with E-state index in [9.17, 15) is 4.79 Å². The summed E-state index contributed by atoms with van der Waals surface area (Å²) in [4.78, 5) is 15.6. The van der Waals surface area contributed by atoms with Gasteiger partial charge in [0.1, 0.15) is 11.7 Å². The highest BCUT2D eigenvalue weighted by atomic mass is 32.2. The summed E-state index contributed by atoms with van der Waals surface area (Å²) in [6.07, 6.45) is 2.72. The third-order valence-electron chi connectivity index (χ3n) is 2.06. The quantitative estimate of drug-likeness (QED) is 0.470. The van der Waals surface area contributed by atoms with Crippen molar-refractivity contribution in [2.24, 2.45) is 0 Å². The molecule has 0 fully saturated rings. The Bertz CT molecular complexity index is 458. The molecule has 1 heterocycles. The molecule has 0 aliphatic carbocycles. The maximum absolute atomic E-state index is 11.5. The molecule has 1 aromatic heterocycles. The largest absolute Gasteiger partial charge is 0.460 e. The maximum Gasteiger partial charge on any atom is 0.306 e. The van der Waals surface area contributed by atoms with Gasteiger partial charge in [-0.2, -0.15) is 5.26 Å². The Morgan fingerprint density at radius 3 is 2.74 bits per heavy atom. The van der Waals surface area contributed by atoms with Crippen LogP contribution in [-0.2, 0) is 9.53 Å². The second kappa shape index (κ2) is 7.15. The Balaban J connectivity index is 2.24. The Morgan fingerprint density at radius 1 is 1.47 bits per heavy atom. The lowest BCUT2D eigenvalue weighted by molar-refractivity contribution is -0.154. The van der Waals surface area contributed by atoms with E-state index in [1.807, 2.05) is 32.9 Å². The molecule has 0 aliphatic rings. The fraction of sp³-hybridized carbons (Fsp3) is 0.500. The molecule has 0 amide bonds. The van der Waals surface area contributed by atoms with Crippen LogP contribution in [0.1, 0.15) is 39.2 Å². The molecule has 0 aliphatic heterocycles. The first-order valence-corrected chi connectivity index (χ1v) is 7.10. The van der Waals surface area contributed by atoms with Gasteiger partial charge in [-0.05, 0) is 39.3 Å². The van der Waals surface area contributed by atoms with Gasteiger partial charge in [0.25, 0.3) is 0 Å². The van der Waals surface area contributed by atoms with Crippen molar-refractivity contribution in [1.82, 2.24) is 4.98 Å². The molecule has 0 atom stereocenters. The summed E-state index contributed by atoms with van der Waals surface area (Å²) in [6.45, 7) is 5.58. The van der Waals surface area contributed by atoms with E-state index in [0.717, 1.165) is 17.2 Å². The highest BCUT2D eigenvalue weighted by Crippen LogP contribution is 2.17. The molecule has 19 heavy (non-hydrogen) atoms. The number of thioether (sulfide) groups is 1. The fourth-order valence-corrected chi connectivity index (χ4v) is 2.11. The maximum atomic E-state index is 11.5. The zero-order chi connectivity index (χ0) is 14.3. The minimum atomic E-state index is -0.418. The van der Waals surface area contributed by atoms with Crippen LogP contribution < -0.4 is 0 Å². The van der Waals surface area contributed by atoms with Crippen LogP contribution in [0.2, 0.25) is 0 Å². The van der Waals surface area contributed by atoms with Gasteiger partial charge in [-0.3, -0.25) is 4.79 Å². The van der Waals surface area contributed by atoms with Crippen molar-refractivity contribution in [3.8, 4) is 6.07 Å². The zero-order valence-electron chi connectivity index (χ0n) is 11.5. The molecule has 0 saturated carbocycles. The number of aromatic nitrogens is 1. The third-order valence-corrected chi connectivity index (χ3v) is 3.09. The molecule has 0 saturated heterocycles.